The van der Waals surface area contributed by atoms with Crippen LogP contribution < -0.4 is 5.73 Å². The Morgan fingerprint density at radius 1 is 1.33 bits per heavy atom. The van der Waals surface area contributed by atoms with Gasteiger partial charge >= 0.3 is 0 Å². The molecule has 0 bridgehead atoms. The molecule has 1 aromatic carbocycles. The van der Waals surface area contributed by atoms with Crippen LogP contribution in [-0.2, 0) is 0 Å². The van der Waals surface area contributed by atoms with Gasteiger partial charge < -0.3 is 5.73 Å². The summed E-state index contributed by atoms with van der Waals surface area (Å²) in [5, 5.41) is 0.833. The van der Waals surface area contributed by atoms with E-state index in [1.807, 2.05) is 18.2 Å². The van der Waals surface area contributed by atoms with Crippen molar-refractivity contribution in [1.29, 1.82) is 0 Å². The SMILES string of the molecule is Nc1cccc(Cl)c1C1CCC1. The molecular weight excluding hydrogens is 170 g/mol. The van der Waals surface area contributed by atoms with Crippen LogP contribution in [-0.4, -0.2) is 0 Å². The zero-order chi connectivity index (χ0) is 8.55. The Morgan fingerprint density at radius 2 is 2.08 bits per heavy atom. The Labute approximate surface area is 77.5 Å². The molecule has 0 amide bonds. The van der Waals surface area contributed by atoms with Crippen molar-refractivity contribution in [3.8, 4) is 0 Å². The molecule has 1 aliphatic carbocycles. The molecule has 0 saturated heterocycles. The first-order valence-corrected chi connectivity index (χ1v) is 4.70. The van der Waals surface area contributed by atoms with Gasteiger partial charge in [0, 0.05) is 10.7 Å². The van der Waals surface area contributed by atoms with Gasteiger partial charge in [0.1, 0.15) is 0 Å². The molecule has 64 valence electrons. The fourth-order valence-electron chi connectivity index (χ4n) is 1.68. The van der Waals surface area contributed by atoms with Crippen molar-refractivity contribution < 1.29 is 0 Å². The first-order chi connectivity index (χ1) is 5.79. The Balaban J connectivity index is 2.39. The molecule has 0 unspecified atom stereocenters. The van der Waals surface area contributed by atoms with Gasteiger partial charge in [-0.05, 0) is 36.5 Å². The lowest BCUT2D eigenvalue weighted by molar-refractivity contribution is 0.421. The number of anilines is 1. The van der Waals surface area contributed by atoms with Gasteiger partial charge in [0.2, 0.25) is 0 Å². The number of benzene rings is 1. The predicted octanol–water partition coefficient (Wildman–Crippen LogP) is 3.19. The van der Waals surface area contributed by atoms with E-state index >= 15 is 0 Å². The molecule has 1 nitrogen and oxygen atoms in total. The van der Waals surface area contributed by atoms with Crippen LogP contribution in [0.25, 0.3) is 0 Å². The lowest BCUT2D eigenvalue weighted by Gasteiger charge is -2.27. The molecule has 0 aliphatic heterocycles. The number of hydrogen-bond donors (Lipinski definition) is 1. The quantitative estimate of drug-likeness (QED) is 0.662. The van der Waals surface area contributed by atoms with Gasteiger partial charge in [0.15, 0.2) is 0 Å². The summed E-state index contributed by atoms with van der Waals surface area (Å²) in [7, 11) is 0. The topological polar surface area (TPSA) is 26.0 Å². The van der Waals surface area contributed by atoms with Gasteiger partial charge in [0.25, 0.3) is 0 Å². The third-order valence-electron chi connectivity index (χ3n) is 2.60. The van der Waals surface area contributed by atoms with E-state index in [2.05, 4.69) is 0 Å². The van der Waals surface area contributed by atoms with E-state index in [1.165, 1.54) is 24.8 Å². The van der Waals surface area contributed by atoms with Crippen LogP contribution >= 0.6 is 11.6 Å². The summed E-state index contributed by atoms with van der Waals surface area (Å²) in [6.07, 6.45) is 3.80. The molecule has 12 heavy (non-hydrogen) atoms. The standard InChI is InChI=1S/C10H12ClN/c11-8-5-2-6-9(12)10(8)7-3-1-4-7/h2,5-7H,1,3-4,12H2. The van der Waals surface area contributed by atoms with Gasteiger partial charge in [-0.15, -0.1) is 0 Å². The highest BCUT2D eigenvalue weighted by Gasteiger charge is 2.23. The van der Waals surface area contributed by atoms with Gasteiger partial charge in [-0.1, -0.05) is 24.1 Å². The smallest absolute Gasteiger partial charge is 0.0461 e. The van der Waals surface area contributed by atoms with E-state index in [-0.39, 0.29) is 0 Å². The van der Waals surface area contributed by atoms with Crippen LogP contribution in [0, 0.1) is 0 Å². The zero-order valence-corrected chi connectivity index (χ0v) is 7.64. The summed E-state index contributed by atoms with van der Waals surface area (Å²) < 4.78 is 0. The van der Waals surface area contributed by atoms with Crippen LogP contribution in [0.3, 0.4) is 0 Å². The first kappa shape index (κ1) is 7.93. The maximum atomic E-state index is 6.06. The number of nitrogens with two attached hydrogens (primary N) is 1. The van der Waals surface area contributed by atoms with Crippen molar-refractivity contribution in [3.05, 3.63) is 28.8 Å². The summed E-state index contributed by atoms with van der Waals surface area (Å²) in [4.78, 5) is 0. The van der Waals surface area contributed by atoms with Gasteiger partial charge in [0.05, 0.1) is 0 Å². The molecule has 0 atom stereocenters. The van der Waals surface area contributed by atoms with Crippen molar-refractivity contribution in [1.82, 2.24) is 0 Å². The second-order valence-corrected chi connectivity index (χ2v) is 3.78. The van der Waals surface area contributed by atoms with Gasteiger partial charge in [-0.2, -0.15) is 0 Å². The average Bonchev–Trinajstić information content (AvgIpc) is 1.93. The summed E-state index contributed by atoms with van der Waals surface area (Å²) in [6, 6.07) is 5.75. The summed E-state index contributed by atoms with van der Waals surface area (Å²) in [6.45, 7) is 0. The van der Waals surface area contributed by atoms with Crippen molar-refractivity contribution in [2.24, 2.45) is 0 Å². The molecule has 1 fully saturated rings. The third-order valence-corrected chi connectivity index (χ3v) is 2.93. The predicted molar refractivity (Wildman–Crippen MR) is 52.5 cm³/mol. The van der Waals surface area contributed by atoms with Gasteiger partial charge in [-0.3, -0.25) is 0 Å². The zero-order valence-electron chi connectivity index (χ0n) is 6.89. The number of hydrogen-bond acceptors (Lipinski definition) is 1. The second-order valence-electron chi connectivity index (χ2n) is 3.37. The van der Waals surface area contributed by atoms with E-state index in [4.69, 9.17) is 17.3 Å². The summed E-state index contributed by atoms with van der Waals surface area (Å²) >= 11 is 6.06. The lowest BCUT2D eigenvalue weighted by atomic mass is 9.79. The minimum absolute atomic E-state index is 0.624. The van der Waals surface area contributed by atoms with Crippen molar-refractivity contribution >= 4 is 17.3 Å². The third kappa shape index (κ3) is 1.18. The normalized spacial score (nSPS) is 17.4. The fourth-order valence-corrected chi connectivity index (χ4v) is 2.02. The van der Waals surface area contributed by atoms with E-state index in [0.717, 1.165) is 10.7 Å². The minimum atomic E-state index is 0.624. The molecule has 1 aliphatic rings. The highest BCUT2D eigenvalue weighted by atomic mass is 35.5. The molecule has 0 heterocycles. The number of halogens is 1. The maximum Gasteiger partial charge on any atom is 0.0461 e. The Bertz CT molecular complexity index is 272. The Morgan fingerprint density at radius 3 is 2.58 bits per heavy atom. The van der Waals surface area contributed by atoms with Crippen molar-refractivity contribution in [3.63, 3.8) is 0 Å². The monoisotopic (exact) mass is 181 g/mol. The average molecular weight is 182 g/mol. The molecule has 2 rings (SSSR count). The first-order valence-electron chi connectivity index (χ1n) is 4.33. The fraction of sp³-hybridized carbons (Fsp3) is 0.400. The minimum Gasteiger partial charge on any atom is -0.398 e. The van der Waals surface area contributed by atoms with Crippen molar-refractivity contribution in [2.75, 3.05) is 5.73 Å². The summed E-state index contributed by atoms with van der Waals surface area (Å²) in [5.41, 5.74) is 7.87. The van der Waals surface area contributed by atoms with E-state index in [0.29, 0.717) is 5.92 Å². The van der Waals surface area contributed by atoms with Crippen LogP contribution in [0.15, 0.2) is 18.2 Å². The Kier molecular flexibility index (Phi) is 1.97. The van der Waals surface area contributed by atoms with Gasteiger partial charge in [-0.25, -0.2) is 0 Å². The largest absolute Gasteiger partial charge is 0.398 e. The van der Waals surface area contributed by atoms with E-state index in [1.54, 1.807) is 0 Å². The lowest BCUT2D eigenvalue weighted by Crippen LogP contribution is -2.11. The maximum absolute atomic E-state index is 6.06. The summed E-state index contributed by atoms with van der Waals surface area (Å²) in [5.74, 6) is 0.624. The highest BCUT2D eigenvalue weighted by Crippen LogP contribution is 2.42. The Hall–Kier alpha value is -0.690. The van der Waals surface area contributed by atoms with Crippen molar-refractivity contribution in [2.45, 2.75) is 25.2 Å². The molecule has 2 heteroatoms. The molecule has 2 N–H and O–H groups in total. The molecule has 1 saturated carbocycles. The van der Waals surface area contributed by atoms with Crippen LogP contribution in [0.5, 0.6) is 0 Å². The molecule has 0 spiro atoms. The molecule has 0 aromatic heterocycles. The second kappa shape index (κ2) is 2.98. The van der Waals surface area contributed by atoms with Crippen LogP contribution in [0.2, 0.25) is 5.02 Å². The molecular formula is C10H12ClN. The number of rotatable bonds is 1. The van der Waals surface area contributed by atoms with E-state index in [9.17, 15) is 0 Å². The van der Waals surface area contributed by atoms with Crippen LogP contribution in [0.1, 0.15) is 30.7 Å². The molecule has 0 radical (unpaired) electrons. The van der Waals surface area contributed by atoms with E-state index < -0.39 is 0 Å². The highest BCUT2D eigenvalue weighted by molar-refractivity contribution is 6.31. The molecule has 1 aromatic rings. The number of nitrogen functional groups attached to an aromatic ring is 1. The van der Waals surface area contributed by atoms with Crippen LogP contribution in [0.4, 0.5) is 5.69 Å².